The number of hydrogen-bond acceptors (Lipinski definition) is 3. The van der Waals surface area contributed by atoms with Crippen LogP contribution in [0.3, 0.4) is 0 Å². The van der Waals surface area contributed by atoms with Crippen molar-refractivity contribution in [3.63, 3.8) is 0 Å². The van der Waals surface area contributed by atoms with Crippen molar-refractivity contribution in [2.45, 2.75) is 13.3 Å². The summed E-state index contributed by atoms with van der Waals surface area (Å²) in [5.41, 5.74) is 0. The molecule has 0 aromatic rings. The summed E-state index contributed by atoms with van der Waals surface area (Å²) in [5, 5.41) is 25.4. The molecule has 0 aliphatic heterocycles. The van der Waals surface area contributed by atoms with E-state index in [2.05, 4.69) is 0 Å². The first kappa shape index (κ1) is 11.7. The fraction of sp³-hybridized carbons (Fsp3) is 0.714. The fourth-order valence-electron chi connectivity index (χ4n) is 0.714. The molecule has 0 aromatic carbocycles. The highest BCUT2D eigenvalue weighted by molar-refractivity contribution is 5.85. The molecule has 0 aliphatic rings. The summed E-state index contributed by atoms with van der Waals surface area (Å²) in [4.78, 5) is 20.9. The van der Waals surface area contributed by atoms with Crippen molar-refractivity contribution in [2.75, 3.05) is 13.2 Å². The number of rotatable bonds is 4. The molecule has 3 N–H and O–H groups in total. The second-order valence-electron chi connectivity index (χ2n) is 2.79. The van der Waals surface area contributed by atoms with Gasteiger partial charge in [0.25, 0.3) is 0 Å². The maximum atomic E-state index is 10.3. The molecule has 0 heterocycles. The number of nitrogens with zero attached hydrogens (tertiary/aromatic N) is 1. The van der Waals surface area contributed by atoms with E-state index in [1.54, 1.807) is 6.92 Å². The number of amides is 2. The van der Waals surface area contributed by atoms with Gasteiger partial charge < -0.3 is 15.3 Å². The average molecular weight is 191 g/mol. The topological polar surface area (TPSA) is 98.1 Å². The molecule has 2 amide bonds. The SMILES string of the molecule is C[C@@H](CO)CCN(C(=O)O)C(=O)O. The minimum absolute atomic E-state index is 0.0763. The Morgan fingerprint density at radius 3 is 2.08 bits per heavy atom. The van der Waals surface area contributed by atoms with Gasteiger partial charge in [-0.05, 0) is 12.3 Å². The minimum atomic E-state index is -1.49. The second kappa shape index (κ2) is 5.36. The lowest BCUT2D eigenvalue weighted by molar-refractivity contribution is 0.118. The highest BCUT2D eigenvalue weighted by Gasteiger charge is 2.19. The van der Waals surface area contributed by atoms with Crippen LogP contribution >= 0.6 is 0 Å². The maximum Gasteiger partial charge on any atom is 0.416 e. The Bertz CT molecular complexity index is 179. The lowest BCUT2D eigenvalue weighted by atomic mass is 10.1. The van der Waals surface area contributed by atoms with Gasteiger partial charge in [-0.1, -0.05) is 6.92 Å². The van der Waals surface area contributed by atoms with Crippen LogP contribution in [0.5, 0.6) is 0 Å². The Kier molecular flexibility index (Phi) is 4.83. The zero-order valence-corrected chi connectivity index (χ0v) is 7.30. The van der Waals surface area contributed by atoms with Crippen molar-refractivity contribution < 1.29 is 24.9 Å². The highest BCUT2D eigenvalue weighted by atomic mass is 16.4. The van der Waals surface area contributed by atoms with Gasteiger partial charge in [0.2, 0.25) is 0 Å². The molecule has 0 aromatic heterocycles. The number of carbonyl (C=O) groups is 2. The molecular formula is C7H13NO5. The lowest BCUT2D eigenvalue weighted by Gasteiger charge is -2.15. The summed E-state index contributed by atoms with van der Waals surface area (Å²) >= 11 is 0. The third-order valence-corrected chi connectivity index (χ3v) is 1.62. The fourth-order valence-corrected chi connectivity index (χ4v) is 0.714. The molecule has 76 valence electrons. The van der Waals surface area contributed by atoms with E-state index in [0.717, 1.165) is 0 Å². The van der Waals surface area contributed by atoms with Crippen LogP contribution in [0, 0.1) is 5.92 Å². The van der Waals surface area contributed by atoms with Crippen molar-refractivity contribution in [1.29, 1.82) is 0 Å². The predicted octanol–water partition coefficient (Wildman–Crippen LogP) is 0.663. The Hall–Kier alpha value is -1.30. The first-order chi connectivity index (χ1) is 5.99. The Morgan fingerprint density at radius 1 is 1.31 bits per heavy atom. The Labute approximate surface area is 75.4 Å². The smallest absolute Gasteiger partial charge is 0.416 e. The lowest BCUT2D eigenvalue weighted by Crippen LogP contribution is -2.36. The van der Waals surface area contributed by atoms with E-state index in [4.69, 9.17) is 15.3 Å². The number of aliphatic hydroxyl groups excluding tert-OH is 1. The molecule has 13 heavy (non-hydrogen) atoms. The quantitative estimate of drug-likeness (QED) is 0.606. The summed E-state index contributed by atoms with van der Waals surface area (Å²) in [5.74, 6) is -0.0961. The van der Waals surface area contributed by atoms with Crippen LogP contribution in [-0.2, 0) is 0 Å². The van der Waals surface area contributed by atoms with Gasteiger partial charge in [-0.3, -0.25) is 0 Å². The van der Waals surface area contributed by atoms with E-state index in [9.17, 15) is 9.59 Å². The van der Waals surface area contributed by atoms with Crippen molar-refractivity contribution in [3.8, 4) is 0 Å². The molecule has 0 unspecified atom stereocenters. The molecule has 0 bridgehead atoms. The van der Waals surface area contributed by atoms with Crippen LogP contribution in [0.1, 0.15) is 13.3 Å². The van der Waals surface area contributed by atoms with E-state index in [-0.39, 0.29) is 19.1 Å². The molecule has 0 radical (unpaired) electrons. The molecule has 0 rings (SSSR count). The molecule has 6 heteroatoms. The van der Waals surface area contributed by atoms with Crippen molar-refractivity contribution >= 4 is 12.2 Å². The van der Waals surface area contributed by atoms with E-state index in [0.29, 0.717) is 11.3 Å². The van der Waals surface area contributed by atoms with Crippen LogP contribution in [0.15, 0.2) is 0 Å². The number of imide groups is 1. The van der Waals surface area contributed by atoms with Gasteiger partial charge in [0.05, 0.1) is 0 Å². The molecule has 0 fully saturated rings. The number of carboxylic acid groups (broad SMARTS) is 2. The second-order valence-corrected chi connectivity index (χ2v) is 2.79. The van der Waals surface area contributed by atoms with E-state index >= 15 is 0 Å². The van der Waals surface area contributed by atoms with Crippen LogP contribution in [0.2, 0.25) is 0 Å². The first-order valence-corrected chi connectivity index (χ1v) is 3.83. The van der Waals surface area contributed by atoms with E-state index in [1.807, 2.05) is 0 Å². The van der Waals surface area contributed by atoms with Gasteiger partial charge in [0, 0.05) is 13.2 Å². The molecule has 0 saturated carbocycles. The van der Waals surface area contributed by atoms with Gasteiger partial charge >= 0.3 is 12.2 Å². The maximum absolute atomic E-state index is 10.3. The molecular weight excluding hydrogens is 178 g/mol. The first-order valence-electron chi connectivity index (χ1n) is 3.83. The highest BCUT2D eigenvalue weighted by Crippen LogP contribution is 2.03. The molecule has 0 saturated heterocycles. The van der Waals surface area contributed by atoms with E-state index in [1.165, 1.54) is 0 Å². The van der Waals surface area contributed by atoms with Crippen molar-refractivity contribution in [1.82, 2.24) is 4.90 Å². The van der Waals surface area contributed by atoms with E-state index < -0.39 is 12.2 Å². The van der Waals surface area contributed by atoms with Gasteiger partial charge in [-0.15, -0.1) is 0 Å². The van der Waals surface area contributed by atoms with Gasteiger partial charge in [-0.25, -0.2) is 14.5 Å². The van der Waals surface area contributed by atoms with Crippen LogP contribution in [0.4, 0.5) is 9.59 Å². The summed E-state index contributed by atoms with van der Waals surface area (Å²) < 4.78 is 0. The predicted molar refractivity (Wildman–Crippen MR) is 43.6 cm³/mol. The molecule has 6 nitrogen and oxygen atoms in total. The van der Waals surface area contributed by atoms with Crippen LogP contribution in [-0.4, -0.2) is 45.6 Å². The Morgan fingerprint density at radius 2 is 1.77 bits per heavy atom. The van der Waals surface area contributed by atoms with Gasteiger partial charge in [-0.2, -0.15) is 0 Å². The van der Waals surface area contributed by atoms with Crippen LogP contribution in [0.25, 0.3) is 0 Å². The molecule has 0 aliphatic carbocycles. The third kappa shape index (κ3) is 4.32. The number of aliphatic hydroxyl groups is 1. The average Bonchev–Trinajstić information content (AvgIpc) is 2.03. The summed E-state index contributed by atoms with van der Waals surface area (Å²) in [6.45, 7) is 1.53. The monoisotopic (exact) mass is 191 g/mol. The molecule has 1 atom stereocenters. The zero-order valence-electron chi connectivity index (χ0n) is 7.30. The summed E-state index contributed by atoms with van der Waals surface area (Å²) in [6, 6.07) is 0. The van der Waals surface area contributed by atoms with Gasteiger partial charge in [0.1, 0.15) is 0 Å². The summed E-state index contributed by atoms with van der Waals surface area (Å²) in [6.07, 6.45) is -2.65. The molecule has 0 spiro atoms. The minimum Gasteiger partial charge on any atom is -0.465 e. The zero-order chi connectivity index (χ0) is 10.4. The van der Waals surface area contributed by atoms with Gasteiger partial charge in [0.15, 0.2) is 0 Å². The Balaban J connectivity index is 3.98. The standard InChI is InChI=1S/C7H13NO5/c1-5(4-9)2-3-8(6(10)11)7(12)13/h5,9H,2-4H2,1H3,(H,10,11)(H,12,13)/t5-/m1/s1. The van der Waals surface area contributed by atoms with Crippen LogP contribution < -0.4 is 0 Å². The number of hydrogen-bond donors (Lipinski definition) is 3. The normalized spacial score (nSPS) is 12.2. The third-order valence-electron chi connectivity index (χ3n) is 1.62. The largest absolute Gasteiger partial charge is 0.465 e. The summed E-state index contributed by atoms with van der Waals surface area (Å²) in [7, 11) is 0. The van der Waals surface area contributed by atoms with Crippen molar-refractivity contribution in [2.24, 2.45) is 5.92 Å². The van der Waals surface area contributed by atoms with Crippen molar-refractivity contribution in [3.05, 3.63) is 0 Å².